The van der Waals surface area contributed by atoms with Crippen LogP contribution in [-0.2, 0) is 9.59 Å². The van der Waals surface area contributed by atoms with E-state index in [1.165, 1.54) is 0 Å². The predicted molar refractivity (Wildman–Crippen MR) is 58.6 cm³/mol. The largest absolute Gasteiger partial charge is 0.350 e. The van der Waals surface area contributed by atoms with Crippen molar-refractivity contribution in [3.8, 4) is 0 Å². The quantitative estimate of drug-likeness (QED) is 0.722. The highest BCUT2D eigenvalue weighted by molar-refractivity contribution is 5.93. The molecule has 4 heteroatoms. The first-order valence-corrected chi connectivity index (χ1v) is 4.67. The number of carbonyl (C=O) groups excluding carboxylic acids is 2. The van der Waals surface area contributed by atoms with E-state index in [0.717, 1.165) is 16.8 Å². The highest BCUT2D eigenvalue weighted by Gasteiger charge is 2.03. The number of benzene rings is 1. The van der Waals surface area contributed by atoms with Gasteiger partial charge in [0.05, 0.1) is 6.54 Å². The van der Waals surface area contributed by atoms with Crippen molar-refractivity contribution in [3.05, 3.63) is 29.3 Å². The van der Waals surface area contributed by atoms with Gasteiger partial charge in [-0.3, -0.25) is 9.59 Å². The molecular weight excluding hydrogens is 192 g/mol. The maximum absolute atomic E-state index is 11.3. The zero-order valence-corrected chi connectivity index (χ0v) is 8.83. The summed E-state index contributed by atoms with van der Waals surface area (Å²) in [6.45, 7) is 3.92. The number of anilines is 1. The van der Waals surface area contributed by atoms with E-state index in [0.29, 0.717) is 6.41 Å². The van der Waals surface area contributed by atoms with Crippen LogP contribution in [-0.4, -0.2) is 18.9 Å². The lowest BCUT2D eigenvalue weighted by Gasteiger charge is -2.08. The van der Waals surface area contributed by atoms with Crippen molar-refractivity contribution in [1.82, 2.24) is 5.32 Å². The van der Waals surface area contributed by atoms with Gasteiger partial charge in [-0.05, 0) is 25.5 Å². The van der Waals surface area contributed by atoms with Crippen LogP contribution in [0.25, 0.3) is 0 Å². The Labute approximate surface area is 88.7 Å². The molecule has 0 radical (unpaired) electrons. The van der Waals surface area contributed by atoms with Crippen LogP contribution >= 0.6 is 0 Å². The molecule has 15 heavy (non-hydrogen) atoms. The summed E-state index contributed by atoms with van der Waals surface area (Å²) in [5.74, 6) is -0.228. The minimum absolute atomic E-state index is 0.00316. The third-order valence-electron chi connectivity index (χ3n) is 2.00. The predicted octanol–water partition coefficient (Wildman–Crippen LogP) is 0.988. The molecule has 0 aliphatic carbocycles. The van der Waals surface area contributed by atoms with E-state index in [1.54, 1.807) is 0 Å². The van der Waals surface area contributed by atoms with Crippen LogP contribution in [0.2, 0.25) is 0 Å². The van der Waals surface area contributed by atoms with E-state index < -0.39 is 0 Å². The molecule has 0 aromatic heterocycles. The first-order chi connectivity index (χ1) is 7.13. The molecule has 2 amide bonds. The normalized spacial score (nSPS) is 9.47. The van der Waals surface area contributed by atoms with Gasteiger partial charge in [-0.1, -0.05) is 17.7 Å². The van der Waals surface area contributed by atoms with Crippen LogP contribution in [0.1, 0.15) is 11.1 Å². The van der Waals surface area contributed by atoms with Crippen LogP contribution < -0.4 is 10.6 Å². The summed E-state index contributed by atoms with van der Waals surface area (Å²) in [6, 6.07) is 5.77. The molecule has 0 saturated carbocycles. The fourth-order valence-electron chi connectivity index (χ4n) is 1.28. The van der Waals surface area contributed by atoms with Crippen LogP contribution in [0.3, 0.4) is 0 Å². The van der Waals surface area contributed by atoms with Gasteiger partial charge < -0.3 is 10.6 Å². The molecule has 0 saturated heterocycles. The first kappa shape index (κ1) is 11.2. The summed E-state index contributed by atoms with van der Waals surface area (Å²) < 4.78 is 0. The lowest BCUT2D eigenvalue weighted by atomic mass is 10.1. The fraction of sp³-hybridized carbons (Fsp3) is 0.273. The zero-order valence-electron chi connectivity index (χ0n) is 8.83. The van der Waals surface area contributed by atoms with E-state index >= 15 is 0 Å². The maximum Gasteiger partial charge on any atom is 0.243 e. The fourth-order valence-corrected chi connectivity index (χ4v) is 1.28. The lowest BCUT2D eigenvalue weighted by Crippen LogP contribution is -2.27. The average Bonchev–Trinajstić information content (AvgIpc) is 2.19. The Balaban J connectivity index is 2.64. The van der Waals surface area contributed by atoms with Crippen LogP contribution in [0, 0.1) is 13.8 Å². The number of nitrogens with one attached hydrogen (secondary N) is 2. The van der Waals surface area contributed by atoms with Gasteiger partial charge >= 0.3 is 0 Å². The number of hydrogen-bond donors (Lipinski definition) is 2. The third-order valence-corrected chi connectivity index (χ3v) is 2.00. The molecule has 1 aromatic carbocycles. The molecule has 0 aliphatic heterocycles. The second-order valence-electron chi connectivity index (χ2n) is 3.37. The minimum atomic E-state index is -0.228. The molecular formula is C11H14N2O2. The molecule has 4 nitrogen and oxygen atoms in total. The molecule has 1 aromatic rings. The SMILES string of the molecule is Cc1ccc(NC(=O)CNC=O)c(C)c1. The number of aryl methyl sites for hydroxylation is 2. The minimum Gasteiger partial charge on any atom is -0.350 e. The molecule has 2 N–H and O–H groups in total. The summed E-state index contributed by atoms with van der Waals surface area (Å²) in [4.78, 5) is 21.3. The molecule has 0 spiro atoms. The lowest BCUT2D eigenvalue weighted by molar-refractivity contribution is -0.118. The average molecular weight is 206 g/mol. The Morgan fingerprint density at radius 3 is 2.73 bits per heavy atom. The molecule has 0 heterocycles. The number of carbonyl (C=O) groups is 2. The van der Waals surface area contributed by atoms with Gasteiger partial charge in [-0.2, -0.15) is 0 Å². The summed E-state index contributed by atoms with van der Waals surface area (Å²) in [5.41, 5.74) is 2.93. The van der Waals surface area contributed by atoms with Gasteiger partial charge in [0.2, 0.25) is 12.3 Å². The summed E-state index contributed by atoms with van der Waals surface area (Å²) in [5, 5.41) is 5.02. The Morgan fingerprint density at radius 1 is 1.40 bits per heavy atom. The van der Waals surface area contributed by atoms with E-state index in [2.05, 4.69) is 10.6 Å². The van der Waals surface area contributed by atoms with E-state index in [1.807, 2.05) is 32.0 Å². The molecule has 80 valence electrons. The van der Waals surface area contributed by atoms with Crippen molar-refractivity contribution in [2.24, 2.45) is 0 Å². The van der Waals surface area contributed by atoms with Crippen molar-refractivity contribution in [3.63, 3.8) is 0 Å². The van der Waals surface area contributed by atoms with Crippen LogP contribution in [0.5, 0.6) is 0 Å². The maximum atomic E-state index is 11.3. The highest BCUT2D eigenvalue weighted by Crippen LogP contribution is 2.15. The van der Waals surface area contributed by atoms with Gasteiger partial charge in [0.25, 0.3) is 0 Å². The van der Waals surface area contributed by atoms with E-state index in [-0.39, 0.29) is 12.5 Å². The van der Waals surface area contributed by atoms with Crippen LogP contribution in [0.4, 0.5) is 5.69 Å². The van der Waals surface area contributed by atoms with Gasteiger partial charge in [0, 0.05) is 5.69 Å². The van der Waals surface area contributed by atoms with Crippen LogP contribution in [0.15, 0.2) is 18.2 Å². The van der Waals surface area contributed by atoms with E-state index in [4.69, 9.17) is 0 Å². The van der Waals surface area contributed by atoms with Gasteiger partial charge in [0.1, 0.15) is 0 Å². The molecule has 0 atom stereocenters. The number of rotatable bonds is 4. The summed E-state index contributed by atoms with van der Waals surface area (Å²) >= 11 is 0. The van der Waals surface area contributed by atoms with Crippen molar-refractivity contribution < 1.29 is 9.59 Å². The molecule has 0 aliphatic rings. The topological polar surface area (TPSA) is 58.2 Å². The Kier molecular flexibility index (Phi) is 3.85. The molecule has 0 fully saturated rings. The van der Waals surface area contributed by atoms with Gasteiger partial charge in [0.15, 0.2) is 0 Å². The number of hydrogen-bond acceptors (Lipinski definition) is 2. The van der Waals surface area contributed by atoms with Crippen molar-refractivity contribution >= 4 is 18.0 Å². The Morgan fingerprint density at radius 2 is 2.13 bits per heavy atom. The summed E-state index contributed by atoms with van der Waals surface area (Å²) in [6.07, 6.45) is 0.502. The zero-order chi connectivity index (χ0) is 11.3. The highest BCUT2D eigenvalue weighted by atomic mass is 16.2. The molecule has 0 bridgehead atoms. The number of amides is 2. The second kappa shape index (κ2) is 5.14. The first-order valence-electron chi connectivity index (χ1n) is 4.67. The molecule has 0 unspecified atom stereocenters. The Bertz CT molecular complexity index is 375. The standard InChI is InChI=1S/C11H14N2O2/c1-8-3-4-10(9(2)5-8)13-11(15)6-12-7-14/h3-5,7H,6H2,1-2H3,(H,12,14)(H,13,15). The van der Waals surface area contributed by atoms with Gasteiger partial charge in [-0.15, -0.1) is 0 Å². The second-order valence-corrected chi connectivity index (χ2v) is 3.37. The van der Waals surface area contributed by atoms with Crippen molar-refractivity contribution in [2.75, 3.05) is 11.9 Å². The molecule has 1 rings (SSSR count). The van der Waals surface area contributed by atoms with Crippen molar-refractivity contribution in [1.29, 1.82) is 0 Å². The smallest absolute Gasteiger partial charge is 0.243 e. The third kappa shape index (κ3) is 3.42. The summed E-state index contributed by atoms with van der Waals surface area (Å²) in [7, 11) is 0. The van der Waals surface area contributed by atoms with E-state index in [9.17, 15) is 9.59 Å². The van der Waals surface area contributed by atoms with Crippen molar-refractivity contribution in [2.45, 2.75) is 13.8 Å². The van der Waals surface area contributed by atoms with Gasteiger partial charge in [-0.25, -0.2) is 0 Å². The monoisotopic (exact) mass is 206 g/mol. The Hall–Kier alpha value is -1.84.